The number of unbranched alkanes of at least 4 members (excludes halogenated alkanes) is 2. The summed E-state index contributed by atoms with van der Waals surface area (Å²) in [6.45, 7) is 2.74. The van der Waals surface area contributed by atoms with Crippen LogP contribution in [0.4, 0.5) is 0 Å². The topological polar surface area (TPSA) is 51.5 Å². The van der Waals surface area contributed by atoms with Crippen molar-refractivity contribution >= 4 is 28.9 Å². The molecular formula is C33H38ClNO3. The summed E-state index contributed by atoms with van der Waals surface area (Å²) in [5.41, 5.74) is 5.65. The predicted molar refractivity (Wildman–Crippen MR) is 161 cm³/mol. The molecule has 0 aliphatic carbocycles. The molecule has 4 nitrogen and oxygen atoms in total. The second kappa shape index (κ2) is 14.4. The van der Waals surface area contributed by atoms with Crippen LogP contribution < -0.4 is 14.2 Å². The van der Waals surface area contributed by atoms with Gasteiger partial charge in [0.15, 0.2) is 0 Å². The molecule has 0 bridgehead atoms. The predicted octanol–water partition coefficient (Wildman–Crippen LogP) is 8.91. The van der Waals surface area contributed by atoms with Gasteiger partial charge in [0, 0.05) is 12.1 Å². The summed E-state index contributed by atoms with van der Waals surface area (Å²) in [6, 6.07) is 27.2. The Hall–Kier alpha value is -3.50. The van der Waals surface area contributed by atoms with E-state index in [0.717, 1.165) is 53.2 Å². The maximum atomic E-state index is 8.10. The van der Waals surface area contributed by atoms with Crippen LogP contribution in [-0.4, -0.2) is 26.5 Å². The van der Waals surface area contributed by atoms with E-state index in [1.165, 1.54) is 34.9 Å². The second-order valence-electron chi connectivity index (χ2n) is 9.39. The molecule has 4 rings (SSSR count). The minimum Gasteiger partial charge on any atom is -0.497 e. The number of hydrogen-bond donors (Lipinski definition) is 1. The van der Waals surface area contributed by atoms with E-state index in [1.54, 1.807) is 14.2 Å². The number of rotatable bonds is 13. The van der Waals surface area contributed by atoms with Gasteiger partial charge in [-0.15, -0.1) is 12.4 Å². The van der Waals surface area contributed by atoms with Crippen molar-refractivity contribution < 1.29 is 14.2 Å². The molecule has 5 heteroatoms. The lowest BCUT2D eigenvalue weighted by Crippen LogP contribution is -2.05. The molecule has 0 aliphatic rings. The number of benzene rings is 4. The Morgan fingerprint density at radius 2 is 1.42 bits per heavy atom. The quantitative estimate of drug-likeness (QED) is 0.138. The Morgan fingerprint density at radius 3 is 2.11 bits per heavy atom. The molecule has 0 fully saturated rings. The third-order valence-electron chi connectivity index (χ3n) is 6.80. The standard InChI is InChI=1S/C33H37NO3.ClH/c1-4-5-6-7-27(34)20-21-37-29-13-8-24(9-14-29)22-33-31(25-10-15-28(35-2)16-11-25)18-12-26-23-30(36-3)17-19-32(26)33;/h8-19,23,34H,4-7,20-22H2,1-3H3;1H. The SMILES string of the molecule is CCCCCC(=N)CCOc1ccc(Cc2c(-c3ccc(OC)cc3)ccc3cc(OC)ccc23)cc1.Cl. The summed E-state index contributed by atoms with van der Waals surface area (Å²) in [6.07, 6.45) is 5.84. The van der Waals surface area contributed by atoms with Crippen LogP contribution >= 0.6 is 12.4 Å². The zero-order valence-corrected chi connectivity index (χ0v) is 23.4. The maximum Gasteiger partial charge on any atom is 0.119 e. The fourth-order valence-electron chi connectivity index (χ4n) is 4.64. The van der Waals surface area contributed by atoms with Crippen molar-refractivity contribution in [2.24, 2.45) is 0 Å². The van der Waals surface area contributed by atoms with Gasteiger partial charge in [-0.3, -0.25) is 0 Å². The first-order chi connectivity index (χ1) is 18.1. The molecule has 0 atom stereocenters. The Balaban J connectivity index is 0.00000400. The van der Waals surface area contributed by atoms with E-state index in [1.807, 2.05) is 30.3 Å². The fraction of sp³-hybridized carbons (Fsp3) is 0.303. The summed E-state index contributed by atoms with van der Waals surface area (Å²) >= 11 is 0. The van der Waals surface area contributed by atoms with Gasteiger partial charge in [0.05, 0.1) is 20.8 Å². The lowest BCUT2D eigenvalue weighted by atomic mass is 9.90. The van der Waals surface area contributed by atoms with E-state index in [9.17, 15) is 0 Å². The average molecular weight is 532 g/mol. The third kappa shape index (κ3) is 7.52. The largest absolute Gasteiger partial charge is 0.497 e. The van der Waals surface area contributed by atoms with Gasteiger partial charge in [-0.25, -0.2) is 0 Å². The Morgan fingerprint density at radius 1 is 0.737 bits per heavy atom. The van der Waals surface area contributed by atoms with Crippen LogP contribution in [0.1, 0.15) is 50.2 Å². The molecule has 0 heterocycles. The summed E-state index contributed by atoms with van der Waals surface area (Å²) in [5.74, 6) is 2.56. The van der Waals surface area contributed by atoms with Crippen molar-refractivity contribution in [3.8, 4) is 28.4 Å². The molecule has 200 valence electrons. The van der Waals surface area contributed by atoms with E-state index < -0.39 is 0 Å². The van der Waals surface area contributed by atoms with E-state index >= 15 is 0 Å². The molecule has 0 aliphatic heterocycles. The van der Waals surface area contributed by atoms with Gasteiger partial charge in [0.2, 0.25) is 0 Å². The van der Waals surface area contributed by atoms with E-state index in [0.29, 0.717) is 13.0 Å². The summed E-state index contributed by atoms with van der Waals surface area (Å²) in [5, 5.41) is 10.5. The first kappa shape index (κ1) is 29.1. The first-order valence-electron chi connectivity index (χ1n) is 13.1. The van der Waals surface area contributed by atoms with Crippen LogP contribution in [0.25, 0.3) is 21.9 Å². The van der Waals surface area contributed by atoms with Crippen molar-refractivity contribution in [1.29, 1.82) is 5.41 Å². The molecule has 0 aromatic heterocycles. The smallest absolute Gasteiger partial charge is 0.119 e. The van der Waals surface area contributed by atoms with Gasteiger partial charge in [-0.05, 0) is 88.7 Å². The van der Waals surface area contributed by atoms with Crippen LogP contribution in [0.15, 0.2) is 78.9 Å². The maximum absolute atomic E-state index is 8.10. The lowest BCUT2D eigenvalue weighted by Gasteiger charge is -2.15. The number of hydrogen-bond acceptors (Lipinski definition) is 4. The minimum atomic E-state index is 0. The Labute approximate surface area is 232 Å². The average Bonchev–Trinajstić information content (AvgIpc) is 2.94. The van der Waals surface area contributed by atoms with Gasteiger partial charge in [-0.1, -0.05) is 62.2 Å². The van der Waals surface area contributed by atoms with Crippen molar-refractivity contribution in [2.75, 3.05) is 20.8 Å². The summed E-state index contributed by atoms with van der Waals surface area (Å²) in [4.78, 5) is 0. The minimum absolute atomic E-state index is 0. The van der Waals surface area contributed by atoms with Crippen molar-refractivity contribution in [3.05, 3.63) is 90.0 Å². The Bertz CT molecular complexity index is 1320. The highest BCUT2D eigenvalue weighted by Gasteiger charge is 2.12. The molecule has 4 aromatic rings. The van der Waals surface area contributed by atoms with Crippen LogP contribution in [0.2, 0.25) is 0 Å². The van der Waals surface area contributed by atoms with E-state index in [4.69, 9.17) is 19.6 Å². The van der Waals surface area contributed by atoms with Crippen LogP contribution in [0.5, 0.6) is 17.2 Å². The normalized spacial score (nSPS) is 10.6. The zero-order valence-electron chi connectivity index (χ0n) is 22.6. The van der Waals surface area contributed by atoms with Crippen molar-refractivity contribution in [3.63, 3.8) is 0 Å². The van der Waals surface area contributed by atoms with Gasteiger partial charge >= 0.3 is 0 Å². The first-order valence-corrected chi connectivity index (χ1v) is 13.1. The molecule has 38 heavy (non-hydrogen) atoms. The van der Waals surface area contributed by atoms with Crippen molar-refractivity contribution in [2.45, 2.75) is 45.4 Å². The zero-order chi connectivity index (χ0) is 26.0. The van der Waals surface area contributed by atoms with Crippen molar-refractivity contribution in [1.82, 2.24) is 0 Å². The molecule has 0 saturated heterocycles. The third-order valence-corrected chi connectivity index (χ3v) is 6.80. The number of methoxy groups -OCH3 is 2. The number of nitrogens with one attached hydrogen (secondary N) is 1. The molecule has 0 radical (unpaired) electrons. The molecule has 0 unspecified atom stereocenters. The molecular weight excluding hydrogens is 494 g/mol. The van der Waals surface area contributed by atoms with Crippen LogP contribution in [-0.2, 0) is 6.42 Å². The van der Waals surface area contributed by atoms with Gasteiger partial charge in [-0.2, -0.15) is 0 Å². The molecule has 0 saturated carbocycles. The van der Waals surface area contributed by atoms with Crippen LogP contribution in [0, 0.1) is 5.41 Å². The second-order valence-corrected chi connectivity index (χ2v) is 9.39. The molecule has 4 aromatic carbocycles. The number of fused-ring (bicyclic) bond motifs is 1. The molecule has 0 spiro atoms. The Kier molecular flexibility index (Phi) is 11.0. The van der Waals surface area contributed by atoms with Crippen LogP contribution in [0.3, 0.4) is 0 Å². The fourth-order valence-corrected chi connectivity index (χ4v) is 4.64. The van der Waals surface area contributed by atoms with Gasteiger partial charge in [0.25, 0.3) is 0 Å². The summed E-state index contributed by atoms with van der Waals surface area (Å²) < 4.78 is 16.8. The summed E-state index contributed by atoms with van der Waals surface area (Å²) in [7, 11) is 3.39. The molecule has 1 N–H and O–H groups in total. The van der Waals surface area contributed by atoms with E-state index in [-0.39, 0.29) is 12.4 Å². The van der Waals surface area contributed by atoms with Gasteiger partial charge < -0.3 is 19.6 Å². The number of ether oxygens (including phenoxy) is 3. The number of halogens is 1. The van der Waals surface area contributed by atoms with Gasteiger partial charge in [0.1, 0.15) is 17.2 Å². The highest BCUT2D eigenvalue weighted by molar-refractivity contribution is 5.93. The van der Waals surface area contributed by atoms with E-state index in [2.05, 4.69) is 55.5 Å². The highest BCUT2D eigenvalue weighted by Crippen LogP contribution is 2.34. The molecule has 0 amide bonds. The lowest BCUT2D eigenvalue weighted by molar-refractivity contribution is 0.328. The highest BCUT2D eigenvalue weighted by atomic mass is 35.5. The monoisotopic (exact) mass is 531 g/mol.